The van der Waals surface area contributed by atoms with Gasteiger partial charge in [-0.2, -0.15) is 0 Å². The fourth-order valence-corrected chi connectivity index (χ4v) is 2.55. The van der Waals surface area contributed by atoms with Crippen LogP contribution in [0.5, 0.6) is 5.75 Å². The number of aliphatic carboxylic acids is 1. The summed E-state index contributed by atoms with van der Waals surface area (Å²) >= 11 is 0. The van der Waals surface area contributed by atoms with E-state index in [2.05, 4.69) is 5.32 Å². The van der Waals surface area contributed by atoms with Crippen LogP contribution in [0, 0.1) is 11.7 Å². The van der Waals surface area contributed by atoms with E-state index >= 15 is 0 Å². The van der Waals surface area contributed by atoms with E-state index in [-0.39, 0.29) is 23.5 Å². The number of nitrogens with one attached hydrogen (secondary N) is 1. The Morgan fingerprint density at radius 3 is 2.95 bits per heavy atom. The summed E-state index contributed by atoms with van der Waals surface area (Å²) in [6.45, 7) is 0.348. The van der Waals surface area contributed by atoms with Gasteiger partial charge in [0.15, 0.2) is 0 Å². The van der Waals surface area contributed by atoms with Gasteiger partial charge in [0, 0.05) is 18.2 Å². The number of aromatic hydroxyl groups is 1. The highest BCUT2D eigenvalue weighted by Gasteiger charge is 2.26. The smallest absolute Gasteiger partial charge is 0.306 e. The molecule has 1 fully saturated rings. The monoisotopic (exact) mass is 267 g/mol. The maximum atomic E-state index is 13.1. The van der Waals surface area contributed by atoms with Gasteiger partial charge in [-0.25, -0.2) is 4.39 Å². The Morgan fingerprint density at radius 2 is 2.21 bits per heavy atom. The van der Waals surface area contributed by atoms with Crippen LogP contribution >= 0.6 is 0 Å². The molecule has 5 heteroatoms. The zero-order chi connectivity index (χ0) is 13.8. The summed E-state index contributed by atoms with van der Waals surface area (Å²) in [5.41, 5.74) is 0.498. The number of phenols is 1. The molecule has 2 rings (SSSR count). The number of rotatable bonds is 4. The fraction of sp³-hybridized carbons (Fsp3) is 0.500. The van der Waals surface area contributed by atoms with Crippen molar-refractivity contribution in [3.63, 3.8) is 0 Å². The molecule has 1 aromatic rings. The summed E-state index contributed by atoms with van der Waals surface area (Å²) in [6.07, 6.45) is 3.10. The van der Waals surface area contributed by atoms with Crippen molar-refractivity contribution >= 4 is 5.97 Å². The molecule has 1 aromatic carbocycles. The van der Waals surface area contributed by atoms with Crippen LogP contribution in [-0.2, 0) is 11.3 Å². The molecule has 1 aliphatic rings. The van der Waals surface area contributed by atoms with E-state index in [1.807, 2.05) is 0 Å². The molecule has 0 heterocycles. The summed E-state index contributed by atoms with van der Waals surface area (Å²) < 4.78 is 13.1. The van der Waals surface area contributed by atoms with Crippen molar-refractivity contribution in [3.8, 4) is 5.75 Å². The first-order valence-corrected chi connectivity index (χ1v) is 6.50. The summed E-state index contributed by atoms with van der Waals surface area (Å²) in [5.74, 6) is -1.38. The van der Waals surface area contributed by atoms with Crippen LogP contribution in [0.2, 0.25) is 0 Å². The van der Waals surface area contributed by atoms with Crippen LogP contribution in [0.1, 0.15) is 31.2 Å². The molecule has 2 unspecified atom stereocenters. The molecule has 1 aliphatic carbocycles. The lowest BCUT2D eigenvalue weighted by Crippen LogP contribution is -2.36. The second-order valence-electron chi connectivity index (χ2n) is 5.05. The number of hydrogen-bond acceptors (Lipinski definition) is 3. The van der Waals surface area contributed by atoms with Gasteiger partial charge in [0.25, 0.3) is 0 Å². The summed E-state index contributed by atoms with van der Waals surface area (Å²) in [5, 5.41) is 21.8. The largest absolute Gasteiger partial charge is 0.508 e. The van der Waals surface area contributed by atoms with Gasteiger partial charge in [0.2, 0.25) is 0 Å². The Bertz CT molecular complexity index is 464. The predicted octanol–water partition coefficient (Wildman–Crippen LogP) is 2.26. The van der Waals surface area contributed by atoms with Gasteiger partial charge in [-0.3, -0.25) is 4.79 Å². The van der Waals surface area contributed by atoms with E-state index in [9.17, 15) is 14.3 Å². The van der Waals surface area contributed by atoms with E-state index in [0.29, 0.717) is 18.5 Å². The van der Waals surface area contributed by atoms with Crippen molar-refractivity contribution in [2.75, 3.05) is 0 Å². The number of hydrogen-bond donors (Lipinski definition) is 3. The normalized spacial score (nSPS) is 23.2. The number of phenolic OH excluding ortho intramolecular Hbond substituents is 1. The Kier molecular flexibility index (Phi) is 4.37. The first kappa shape index (κ1) is 13.8. The van der Waals surface area contributed by atoms with E-state index < -0.39 is 5.97 Å². The minimum absolute atomic E-state index is 0.0551. The second kappa shape index (κ2) is 6.02. The molecular weight excluding hydrogens is 249 g/mol. The molecule has 0 amide bonds. The van der Waals surface area contributed by atoms with Gasteiger partial charge in [-0.15, -0.1) is 0 Å². The highest BCUT2D eigenvalue weighted by molar-refractivity contribution is 5.70. The molecule has 4 nitrogen and oxygen atoms in total. The minimum Gasteiger partial charge on any atom is -0.508 e. The van der Waals surface area contributed by atoms with Crippen molar-refractivity contribution in [3.05, 3.63) is 29.6 Å². The first-order chi connectivity index (χ1) is 9.06. The first-order valence-electron chi connectivity index (χ1n) is 6.50. The third-order valence-corrected chi connectivity index (χ3v) is 3.65. The number of carboxylic acid groups (broad SMARTS) is 1. The van der Waals surface area contributed by atoms with Crippen molar-refractivity contribution in [2.45, 2.75) is 38.3 Å². The van der Waals surface area contributed by atoms with Gasteiger partial charge < -0.3 is 15.5 Å². The van der Waals surface area contributed by atoms with Crippen LogP contribution < -0.4 is 5.32 Å². The molecule has 1 saturated carbocycles. The zero-order valence-corrected chi connectivity index (χ0v) is 10.6. The van der Waals surface area contributed by atoms with Crippen LogP contribution in [-0.4, -0.2) is 22.2 Å². The van der Waals surface area contributed by atoms with Gasteiger partial charge in [0.1, 0.15) is 11.6 Å². The lowest BCUT2D eigenvalue weighted by atomic mass is 9.86. The molecule has 104 valence electrons. The van der Waals surface area contributed by atoms with E-state index in [0.717, 1.165) is 19.3 Å². The Morgan fingerprint density at radius 1 is 1.42 bits per heavy atom. The van der Waals surface area contributed by atoms with Crippen molar-refractivity contribution in [2.24, 2.45) is 5.92 Å². The fourth-order valence-electron chi connectivity index (χ4n) is 2.55. The second-order valence-corrected chi connectivity index (χ2v) is 5.05. The standard InChI is InChI=1S/C14H18FNO3/c15-11-4-5-13(17)10(6-11)8-16-12-3-1-2-9(7-12)14(18)19/h4-6,9,12,16-17H,1-3,7-8H2,(H,18,19). The molecule has 0 spiro atoms. The number of carbonyl (C=O) groups is 1. The molecule has 0 aliphatic heterocycles. The average molecular weight is 267 g/mol. The molecule has 0 saturated heterocycles. The van der Waals surface area contributed by atoms with Crippen molar-refractivity contribution < 1.29 is 19.4 Å². The van der Waals surface area contributed by atoms with Crippen molar-refractivity contribution in [1.82, 2.24) is 5.32 Å². The maximum absolute atomic E-state index is 13.1. The van der Waals surface area contributed by atoms with E-state index in [4.69, 9.17) is 5.11 Å². The summed E-state index contributed by atoms with van der Waals surface area (Å²) in [6, 6.07) is 3.94. The molecular formula is C14H18FNO3. The maximum Gasteiger partial charge on any atom is 0.306 e. The predicted molar refractivity (Wildman–Crippen MR) is 68.3 cm³/mol. The van der Waals surface area contributed by atoms with Crippen LogP contribution in [0.4, 0.5) is 4.39 Å². The van der Waals surface area contributed by atoms with Gasteiger partial charge in [0.05, 0.1) is 5.92 Å². The lowest BCUT2D eigenvalue weighted by molar-refractivity contribution is -0.143. The number of halogens is 1. The summed E-state index contributed by atoms with van der Waals surface area (Å²) in [4.78, 5) is 11.0. The quantitative estimate of drug-likeness (QED) is 0.782. The number of carboxylic acids is 1. The topological polar surface area (TPSA) is 69.6 Å². The van der Waals surface area contributed by atoms with Crippen LogP contribution in [0.15, 0.2) is 18.2 Å². The summed E-state index contributed by atoms with van der Waals surface area (Å²) in [7, 11) is 0. The third-order valence-electron chi connectivity index (χ3n) is 3.65. The van der Waals surface area contributed by atoms with E-state index in [1.54, 1.807) is 0 Å². The molecule has 0 radical (unpaired) electrons. The van der Waals surface area contributed by atoms with Gasteiger partial charge in [-0.1, -0.05) is 6.42 Å². The molecule has 0 bridgehead atoms. The highest BCUT2D eigenvalue weighted by Crippen LogP contribution is 2.25. The Labute approximate surface area is 111 Å². The minimum atomic E-state index is -0.750. The number of benzene rings is 1. The zero-order valence-electron chi connectivity index (χ0n) is 10.6. The molecule has 19 heavy (non-hydrogen) atoms. The SMILES string of the molecule is O=C(O)C1CCCC(NCc2cc(F)ccc2O)C1. The Balaban J connectivity index is 1.91. The lowest BCUT2D eigenvalue weighted by Gasteiger charge is -2.27. The van der Waals surface area contributed by atoms with Gasteiger partial charge in [-0.05, 0) is 37.5 Å². The average Bonchev–Trinajstić information content (AvgIpc) is 2.40. The van der Waals surface area contributed by atoms with Crippen molar-refractivity contribution in [1.29, 1.82) is 0 Å². The van der Waals surface area contributed by atoms with Crippen LogP contribution in [0.3, 0.4) is 0 Å². The van der Waals surface area contributed by atoms with Gasteiger partial charge >= 0.3 is 5.97 Å². The van der Waals surface area contributed by atoms with Crippen LogP contribution in [0.25, 0.3) is 0 Å². The molecule has 2 atom stereocenters. The van der Waals surface area contributed by atoms with E-state index in [1.165, 1.54) is 18.2 Å². The molecule has 0 aromatic heterocycles. The highest BCUT2D eigenvalue weighted by atomic mass is 19.1. The molecule has 3 N–H and O–H groups in total. The third kappa shape index (κ3) is 3.67. The Hall–Kier alpha value is -1.62.